The lowest BCUT2D eigenvalue weighted by Crippen LogP contribution is -1.91. The fraction of sp³-hybridized carbons (Fsp3) is 0. The third-order valence-corrected chi connectivity index (χ3v) is 3.50. The minimum Gasteiger partial charge on any atom is -0.314 e. The van der Waals surface area contributed by atoms with Gasteiger partial charge in [0, 0.05) is 35.1 Å². The van der Waals surface area contributed by atoms with E-state index in [9.17, 15) is 0 Å². The minimum absolute atomic E-state index is 1.16. The number of allylic oxidation sites excluding steroid dienone is 4. The lowest BCUT2D eigenvalue weighted by Gasteiger charge is -2.02. The van der Waals surface area contributed by atoms with E-state index in [4.69, 9.17) is 0 Å². The summed E-state index contributed by atoms with van der Waals surface area (Å²) in [4.78, 5) is 4.29. The van der Waals surface area contributed by atoms with Gasteiger partial charge in [-0.25, -0.2) is 0 Å². The molecule has 0 N–H and O–H groups in total. The largest absolute Gasteiger partial charge is 0.314 e. The number of aliphatic imine (C=N–C) groups is 1. The standard InChI is InChI=1S/C17H12N2/c1-2-4-9-16-14(7-3-1)15-8-5-6-13-12-18-10-11-19(16)17(13)15/h1-12H/b2-1-,3-1?,4-2?,7-3-,9-4?,14-7?,16-9?. The Balaban J connectivity index is 2.21. The van der Waals surface area contributed by atoms with Gasteiger partial charge in [-0.3, -0.25) is 4.99 Å². The minimum atomic E-state index is 1.16. The van der Waals surface area contributed by atoms with Crippen LogP contribution in [-0.2, 0) is 0 Å². The summed E-state index contributed by atoms with van der Waals surface area (Å²) < 4.78 is 2.22. The second kappa shape index (κ2) is 3.95. The predicted molar refractivity (Wildman–Crippen MR) is 82.1 cm³/mol. The number of nitrogens with zero attached hydrogens (tertiary/aromatic N) is 2. The highest BCUT2D eigenvalue weighted by Crippen LogP contribution is 2.32. The van der Waals surface area contributed by atoms with Gasteiger partial charge in [0.15, 0.2) is 0 Å². The zero-order valence-electron chi connectivity index (χ0n) is 10.3. The third kappa shape index (κ3) is 1.47. The van der Waals surface area contributed by atoms with E-state index in [1.54, 1.807) is 0 Å². The molecule has 90 valence electrons. The quantitative estimate of drug-likeness (QED) is 0.664. The van der Waals surface area contributed by atoms with Crippen LogP contribution in [0.4, 0.5) is 0 Å². The Labute approximate surface area is 111 Å². The summed E-state index contributed by atoms with van der Waals surface area (Å²) in [6, 6.07) is 6.37. The predicted octanol–water partition coefficient (Wildman–Crippen LogP) is 4.10. The maximum absolute atomic E-state index is 4.29. The van der Waals surface area contributed by atoms with Crippen LogP contribution in [0.1, 0.15) is 16.8 Å². The average Bonchev–Trinajstić information content (AvgIpc) is 2.57. The van der Waals surface area contributed by atoms with Crippen molar-refractivity contribution >= 4 is 35.5 Å². The monoisotopic (exact) mass is 244 g/mol. The molecule has 1 aliphatic carbocycles. The summed E-state index contributed by atoms with van der Waals surface area (Å²) in [5.41, 5.74) is 4.84. The van der Waals surface area contributed by atoms with Gasteiger partial charge in [0.1, 0.15) is 0 Å². The fourth-order valence-electron chi connectivity index (χ4n) is 2.70. The molecule has 19 heavy (non-hydrogen) atoms. The molecule has 0 amide bonds. The van der Waals surface area contributed by atoms with Crippen molar-refractivity contribution in [3.05, 3.63) is 65.5 Å². The summed E-state index contributed by atoms with van der Waals surface area (Å²) in [6.45, 7) is 0. The first-order valence-corrected chi connectivity index (χ1v) is 6.33. The summed E-state index contributed by atoms with van der Waals surface area (Å²) in [5.74, 6) is 0. The van der Waals surface area contributed by atoms with Gasteiger partial charge >= 0.3 is 0 Å². The van der Waals surface area contributed by atoms with Crippen LogP contribution in [0.5, 0.6) is 0 Å². The van der Waals surface area contributed by atoms with E-state index in [-0.39, 0.29) is 0 Å². The van der Waals surface area contributed by atoms with E-state index >= 15 is 0 Å². The smallest absolute Gasteiger partial charge is 0.0623 e. The molecule has 0 unspecified atom stereocenters. The second-order valence-corrected chi connectivity index (χ2v) is 4.59. The first kappa shape index (κ1) is 10.3. The molecule has 4 rings (SSSR count). The van der Waals surface area contributed by atoms with E-state index in [2.05, 4.69) is 58.1 Å². The Kier molecular flexibility index (Phi) is 2.15. The van der Waals surface area contributed by atoms with Crippen molar-refractivity contribution in [3.63, 3.8) is 0 Å². The molecule has 1 aromatic carbocycles. The molecule has 2 aliphatic rings. The van der Waals surface area contributed by atoms with Crippen LogP contribution in [0.25, 0.3) is 29.3 Å². The Morgan fingerprint density at radius 1 is 0.947 bits per heavy atom. The molecule has 1 aromatic heterocycles. The summed E-state index contributed by atoms with van der Waals surface area (Å²) >= 11 is 0. The van der Waals surface area contributed by atoms with Crippen LogP contribution in [-0.4, -0.2) is 10.8 Å². The fourth-order valence-corrected chi connectivity index (χ4v) is 2.70. The number of rotatable bonds is 0. The lowest BCUT2D eigenvalue weighted by atomic mass is 10.1. The highest BCUT2D eigenvalue weighted by molar-refractivity contribution is 6.05. The first-order valence-electron chi connectivity index (χ1n) is 6.33. The molecule has 0 spiro atoms. The van der Waals surface area contributed by atoms with Gasteiger partial charge in [-0.2, -0.15) is 0 Å². The van der Waals surface area contributed by atoms with Crippen molar-refractivity contribution < 1.29 is 0 Å². The van der Waals surface area contributed by atoms with Crippen molar-refractivity contribution in [2.75, 3.05) is 0 Å². The van der Waals surface area contributed by atoms with Crippen LogP contribution in [0.3, 0.4) is 0 Å². The van der Waals surface area contributed by atoms with E-state index in [1.807, 2.05) is 24.7 Å². The number of fused-ring (bicyclic) bond motifs is 3. The van der Waals surface area contributed by atoms with Crippen molar-refractivity contribution in [2.45, 2.75) is 0 Å². The maximum Gasteiger partial charge on any atom is 0.0623 e. The Morgan fingerprint density at radius 3 is 2.79 bits per heavy atom. The van der Waals surface area contributed by atoms with E-state index in [1.165, 1.54) is 22.2 Å². The van der Waals surface area contributed by atoms with Crippen LogP contribution < -0.4 is 0 Å². The molecule has 0 saturated heterocycles. The number of aromatic nitrogens is 1. The zero-order chi connectivity index (χ0) is 12.7. The number of hydrogen-bond acceptors (Lipinski definition) is 1. The molecule has 0 atom stereocenters. The SMILES string of the molecule is C1=Cc2c(c3cccc4c3n2C=CN=C4)/C=C\C=C/1. The van der Waals surface area contributed by atoms with Crippen LogP contribution in [0.2, 0.25) is 0 Å². The van der Waals surface area contributed by atoms with Gasteiger partial charge in [-0.15, -0.1) is 0 Å². The van der Waals surface area contributed by atoms with Gasteiger partial charge in [0.25, 0.3) is 0 Å². The highest BCUT2D eigenvalue weighted by Gasteiger charge is 2.15. The van der Waals surface area contributed by atoms with Gasteiger partial charge < -0.3 is 4.57 Å². The van der Waals surface area contributed by atoms with Crippen LogP contribution in [0.15, 0.2) is 53.7 Å². The molecule has 2 heteroatoms. The molecular weight excluding hydrogens is 232 g/mol. The number of benzene rings is 1. The third-order valence-electron chi connectivity index (χ3n) is 3.50. The van der Waals surface area contributed by atoms with Crippen LogP contribution >= 0.6 is 0 Å². The highest BCUT2D eigenvalue weighted by atomic mass is 15.0. The lowest BCUT2D eigenvalue weighted by molar-refractivity contribution is 1.19. The van der Waals surface area contributed by atoms with E-state index in [0.717, 1.165) is 5.56 Å². The zero-order valence-corrected chi connectivity index (χ0v) is 10.3. The molecule has 0 bridgehead atoms. The topological polar surface area (TPSA) is 17.3 Å². The van der Waals surface area contributed by atoms with Crippen LogP contribution in [0, 0.1) is 0 Å². The van der Waals surface area contributed by atoms with Gasteiger partial charge in [0.05, 0.1) is 11.2 Å². The Morgan fingerprint density at radius 2 is 1.84 bits per heavy atom. The number of hydrogen-bond donors (Lipinski definition) is 0. The van der Waals surface area contributed by atoms with Gasteiger partial charge in [0.2, 0.25) is 0 Å². The molecule has 1 aliphatic heterocycles. The van der Waals surface area contributed by atoms with Crippen molar-refractivity contribution in [1.29, 1.82) is 0 Å². The maximum atomic E-state index is 4.29. The molecular formula is C17H12N2. The number of para-hydroxylation sites is 1. The molecule has 0 saturated carbocycles. The van der Waals surface area contributed by atoms with Gasteiger partial charge in [-0.1, -0.05) is 48.6 Å². The molecule has 0 fully saturated rings. The van der Waals surface area contributed by atoms with E-state index in [0.29, 0.717) is 0 Å². The van der Waals surface area contributed by atoms with E-state index < -0.39 is 0 Å². The summed E-state index contributed by atoms with van der Waals surface area (Å²) in [6.07, 6.45) is 18.4. The second-order valence-electron chi connectivity index (χ2n) is 4.59. The molecule has 2 nitrogen and oxygen atoms in total. The first-order chi connectivity index (χ1) is 9.45. The average molecular weight is 244 g/mol. The molecule has 2 heterocycles. The Bertz CT molecular complexity index is 811. The summed E-state index contributed by atoms with van der Waals surface area (Å²) in [7, 11) is 0. The van der Waals surface area contributed by atoms with Crippen molar-refractivity contribution in [1.82, 2.24) is 4.57 Å². The molecule has 0 radical (unpaired) electrons. The van der Waals surface area contributed by atoms with Crippen molar-refractivity contribution in [3.8, 4) is 0 Å². The van der Waals surface area contributed by atoms with Crippen molar-refractivity contribution in [2.24, 2.45) is 4.99 Å². The molecule has 2 aromatic rings. The Hall–Kier alpha value is -2.61. The van der Waals surface area contributed by atoms with Gasteiger partial charge in [-0.05, 0) is 6.08 Å². The summed E-state index contributed by atoms with van der Waals surface area (Å²) in [5, 5.41) is 1.27. The normalized spacial score (nSPS) is 18.7.